The highest BCUT2D eigenvalue weighted by Crippen LogP contribution is 2.28. The number of halogens is 1. The molecule has 0 aliphatic carbocycles. The van der Waals surface area contributed by atoms with Gasteiger partial charge in [-0.25, -0.2) is 9.37 Å². The summed E-state index contributed by atoms with van der Waals surface area (Å²) < 4.78 is 15.9. The normalized spacial score (nSPS) is 11.1. The van der Waals surface area contributed by atoms with Crippen LogP contribution in [0.15, 0.2) is 36.4 Å². The number of imidazole rings is 1. The molecule has 0 bridgehead atoms. The van der Waals surface area contributed by atoms with Crippen molar-refractivity contribution in [3.8, 4) is 11.4 Å². The monoisotopic (exact) mass is 255 g/mol. The topological polar surface area (TPSA) is 43.8 Å². The molecule has 3 rings (SSSR count). The largest absolute Gasteiger partial charge is 0.399 e. The van der Waals surface area contributed by atoms with Gasteiger partial charge in [0.1, 0.15) is 11.6 Å². The fourth-order valence-corrected chi connectivity index (χ4v) is 2.42. The van der Waals surface area contributed by atoms with Crippen LogP contribution in [0, 0.1) is 12.7 Å². The van der Waals surface area contributed by atoms with Gasteiger partial charge in [0.25, 0.3) is 0 Å². The minimum absolute atomic E-state index is 0.315. The summed E-state index contributed by atoms with van der Waals surface area (Å²) in [4.78, 5) is 4.51. The average Bonchev–Trinajstić information content (AvgIpc) is 2.71. The first-order valence-corrected chi connectivity index (χ1v) is 6.05. The first-order chi connectivity index (χ1) is 9.08. The van der Waals surface area contributed by atoms with E-state index in [9.17, 15) is 4.39 Å². The van der Waals surface area contributed by atoms with Crippen LogP contribution in [0.3, 0.4) is 0 Å². The summed E-state index contributed by atoms with van der Waals surface area (Å²) in [7, 11) is 1.89. The van der Waals surface area contributed by atoms with Crippen molar-refractivity contribution in [2.75, 3.05) is 5.73 Å². The van der Waals surface area contributed by atoms with E-state index in [-0.39, 0.29) is 5.82 Å². The number of hydrogen-bond donors (Lipinski definition) is 1. The van der Waals surface area contributed by atoms with Crippen LogP contribution in [0.4, 0.5) is 10.1 Å². The standard InChI is InChI=1S/C15H14FN3/c1-9-4-3-5-13-14(9)19(2)15(18-13)11-8-10(17)6-7-12(11)16/h3-8H,17H2,1-2H3. The van der Waals surface area contributed by atoms with Gasteiger partial charge in [-0.3, -0.25) is 0 Å². The van der Waals surface area contributed by atoms with Gasteiger partial charge in [0.05, 0.1) is 16.6 Å². The maximum atomic E-state index is 14.0. The van der Waals surface area contributed by atoms with Crippen LogP contribution in [0.2, 0.25) is 0 Å². The highest BCUT2D eigenvalue weighted by molar-refractivity contribution is 5.83. The number of para-hydroxylation sites is 1. The van der Waals surface area contributed by atoms with Crippen LogP contribution >= 0.6 is 0 Å². The number of hydrogen-bond acceptors (Lipinski definition) is 2. The van der Waals surface area contributed by atoms with Crippen LogP contribution in [-0.4, -0.2) is 9.55 Å². The molecule has 0 amide bonds. The lowest BCUT2D eigenvalue weighted by Crippen LogP contribution is -1.97. The molecular formula is C15H14FN3. The zero-order chi connectivity index (χ0) is 13.6. The summed E-state index contributed by atoms with van der Waals surface area (Å²) in [6, 6.07) is 10.4. The van der Waals surface area contributed by atoms with Gasteiger partial charge in [-0.05, 0) is 36.8 Å². The molecule has 0 saturated heterocycles. The minimum Gasteiger partial charge on any atom is -0.399 e. The third-order valence-electron chi connectivity index (χ3n) is 3.33. The van der Waals surface area contributed by atoms with E-state index in [2.05, 4.69) is 4.98 Å². The Hall–Kier alpha value is -2.36. The third kappa shape index (κ3) is 1.76. The number of benzene rings is 2. The number of nitrogens with zero attached hydrogens (tertiary/aromatic N) is 2. The Bertz CT molecular complexity index is 774. The summed E-state index contributed by atoms with van der Waals surface area (Å²) in [5, 5.41) is 0. The molecule has 0 spiro atoms. The zero-order valence-electron chi connectivity index (χ0n) is 10.8. The minimum atomic E-state index is -0.315. The van der Waals surface area contributed by atoms with Crippen LogP contribution < -0.4 is 5.73 Å². The molecule has 0 saturated carbocycles. The smallest absolute Gasteiger partial charge is 0.143 e. The number of aromatic nitrogens is 2. The molecule has 0 unspecified atom stereocenters. The summed E-state index contributed by atoms with van der Waals surface area (Å²) in [6.45, 7) is 2.02. The SMILES string of the molecule is Cc1cccc2nc(-c3cc(N)ccc3F)n(C)c12. The Labute approximate surface area is 110 Å². The highest BCUT2D eigenvalue weighted by atomic mass is 19.1. The number of rotatable bonds is 1. The molecule has 0 radical (unpaired) electrons. The molecule has 96 valence electrons. The quantitative estimate of drug-likeness (QED) is 0.678. The lowest BCUT2D eigenvalue weighted by molar-refractivity contribution is 0.629. The van der Waals surface area contributed by atoms with E-state index < -0.39 is 0 Å². The van der Waals surface area contributed by atoms with Gasteiger partial charge in [-0.2, -0.15) is 0 Å². The predicted molar refractivity (Wildman–Crippen MR) is 75.3 cm³/mol. The lowest BCUT2D eigenvalue weighted by Gasteiger charge is -2.06. The number of anilines is 1. The van der Waals surface area contributed by atoms with Crippen molar-refractivity contribution >= 4 is 16.7 Å². The summed E-state index contributed by atoms with van der Waals surface area (Å²) in [6.07, 6.45) is 0. The summed E-state index contributed by atoms with van der Waals surface area (Å²) in [5.41, 5.74) is 9.68. The Balaban J connectivity index is 2.34. The van der Waals surface area contributed by atoms with E-state index in [1.807, 2.05) is 36.7 Å². The third-order valence-corrected chi connectivity index (χ3v) is 3.33. The highest BCUT2D eigenvalue weighted by Gasteiger charge is 2.14. The van der Waals surface area contributed by atoms with Gasteiger partial charge in [-0.1, -0.05) is 12.1 Å². The van der Waals surface area contributed by atoms with Crippen molar-refractivity contribution in [3.05, 3.63) is 47.8 Å². The molecule has 2 N–H and O–H groups in total. The lowest BCUT2D eigenvalue weighted by atomic mass is 10.2. The van der Waals surface area contributed by atoms with Crippen LogP contribution in [0.1, 0.15) is 5.56 Å². The average molecular weight is 255 g/mol. The van der Waals surface area contributed by atoms with Crippen molar-refractivity contribution in [1.82, 2.24) is 9.55 Å². The molecule has 0 aliphatic heterocycles. The number of nitrogens with two attached hydrogens (primary N) is 1. The first-order valence-electron chi connectivity index (χ1n) is 6.05. The molecule has 4 heteroatoms. The Morgan fingerprint density at radius 3 is 2.74 bits per heavy atom. The van der Waals surface area contributed by atoms with E-state index in [4.69, 9.17) is 5.73 Å². The molecule has 0 aliphatic rings. The number of fused-ring (bicyclic) bond motifs is 1. The summed E-state index contributed by atoms with van der Waals surface area (Å²) in [5.74, 6) is 0.277. The summed E-state index contributed by atoms with van der Waals surface area (Å²) >= 11 is 0. The number of aryl methyl sites for hydroxylation is 2. The van der Waals surface area contributed by atoms with E-state index in [1.54, 1.807) is 12.1 Å². The fourth-order valence-electron chi connectivity index (χ4n) is 2.42. The Kier molecular flexibility index (Phi) is 2.52. The zero-order valence-corrected chi connectivity index (χ0v) is 10.8. The molecule has 0 atom stereocenters. The molecule has 0 fully saturated rings. The second-order valence-electron chi connectivity index (χ2n) is 4.68. The Morgan fingerprint density at radius 2 is 2.00 bits per heavy atom. The Morgan fingerprint density at radius 1 is 1.21 bits per heavy atom. The van der Waals surface area contributed by atoms with Gasteiger partial charge in [-0.15, -0.1) is 0 Å². The van der Waals surface area contributed by atoms with Crippen molar-refractivity contribution in [2.24, 2.45) is 7.05 Å². The van der Waals surface area contributed by atoms with Crippen LogP contribution in [-0.2, 0) is 7.05 Å². The first kappa shape index (κ1) is 11.7. The molecule has 19 heavy (non-hydrogen) atoms. The van der Waals surface area contributed by atoms with Crippen LogP contribution in [0.5, 0.6) is 0 Å². The second kappa shape index (κ2) is 4.09. The van der Waals surface area contributed by atoms with Crippen molar-refractivity contribution in [2.45, 2.75) is 6.92 Å². The molecule has 3 nitrogen and oxygen atoms in total. The van der Waals surface area contributed by atoms with Crippen LogP contribution in [0.25, 0.3) is 22.4 Å². The van der Waals surface area contributed by atoms with E-state index in [0.717, 1.165) is 16.6 Å². The van der Waals surface area contributed by atoms with E-state index >= 15 is 0 Å². The molecule has 1 heterocycles. The van der Waals surface area contributed by atoms with Gasteiger partial charge in [0.2, 0.25) is 0 Å². The van der Waals surface area contributed by atoms with Gasteiger partial charge < -0.3 is 10.3 Å². The number of nitrogen functional groups attached to an aromatic ring is 1. The van der Waals surface area contributed by atoms with Crippen molar-refractivity contribution in [1.29, 1.82) is 0 Å². The molecule has 3 aromatic rings. The second-order valence-corrected chi connectivity index (χ2v) is 4.68. The van der Waals surface area contributed by atoms with E-state index in [0.29, 0.717) is 17.1 Å². The van der Waals surface area contributed by atoms with Gasteiger partial charge >= 0.3 is 0 Å². The van der Waals surface area contributed by atoms with Crippen molar-refractivity contribution in [3.63, 3.8) is 0 Å². The molecular weight excluding hydrogens is 241 g/mol. The predicted octanol–water partition coefficient (Wildman–Crippen LogP) is 3.27. The molecule has 1 aromatic heterocycles. The fraction of sp³-hybridized carbons (Fsp3) is 0.133. The maximum Gasteiger partial charge on any atom is 0.143 e. The van der Waals surface area contributed by atoms with Gasteiger partial charge in [0, 0.05) is 12.7 Å². The maximum absolute atomic E-state index is 14.0. The van der Waals surface area contributed by atoms with E-state index in [1.165, 1.54) is 6.07 Å². The van der Waals surface area contributed by atoms with Crippen molar-refractivity contribution < 1.29 is 4.39 Å². The molecule has 2 aromatic carbocycles. The van der Waals surface area contributed by atoms with Gasteiger partial charge in [0.15, 0.2) is 0 Å².